The van der Waals surface area contributed by atoms with Gasteiger partial charge in [-0.3, -0.25) is 0 Å². The second-order valence-electron chi connectivity index (χ2n) is 3.37. The van der Waals surface area contributed by atoms with Gasteiger partial charge in [0, 0.05) is 6.07 Å². The summed E-state index contributed by atoms with van der Waals surface area (Å²) in [5, 5.41) is 0. The Kier molecular flexibility index (Phi) is 4.10. The second-order valence-corrected chi connectivity index (χ2v) is 4.22. The van der Waals surface area contributed by atoms with Crippen molar-refractivity contribution in [2.75, 3.05) is 12.3 Å². The average molecular weight is 329 g/mol. The zero-order valence-corrected chi connectivity index (χ0v) is 11.5. The number of nitrogens with two attached hydrogens (primary N) is 1. The van der Waals surface area contributed by atoms with Crippen LogP contribution in [-0.4, -0.2) is 21.6 Å². The molecule has 0 aliphatic heterocycles. The summed E-state index contributed by atoms with van der Waals surface area (Å²) in [5.74, 6) is -0.246. The SMILES string of the molecule is CCOc1nc(N)nc(Oc2ccc(Br)c(F)c2)n1. The Hall–Kier alpha value is -1.96. The van der Waals surface area contributed by atoms with Crippen LogP contribution in [0.3, 0.4) is 0 Å². The summed E-state index contributed by atoms with van der Waals surface area (Å²) in [6, 6.07) is 4.27. The number of aromatic nitrogens is 3. The van der Waals surface area contributed by atoms with Crippen molar-refractivity contribution >= 4 is 21.9 Å². The molecule has 8 heteroatoms. The number of rotatable bonds is 4. The maximum atomic E-state index is 13.3. The lowest BCUT2D eigenvalue weighted by Crippen LogP contribution is -2.04. The predicted octanol–water partition coefficient (Wildman–Crippen LogP) is 2.55. The van der Waals surface area contributed by atoms with Gasteiger partial charge in [0.1, 0.15) is 11.6 Å². The van der Waals surface area contributed by atoms with Crippen molar-refractivity contribution in [3.63, 3.8) is 0 Å². The summed E-state index contributed by atoms with van der Waals surface area (Å²) < 4.78 is 24.1. The fourth-order valence-corrected chi connectivity index (χ4v) is 1.48. The van der Waals surface area contributed by atoms with Gasteiger partial charge >= 0.3 is 12.0 Å². The molecule has 0 atom stereocenters. The molecule has 0 aliphatic carbocycles. The van der Waals surface area contributed by atoms with Crippen molar-refractivity contribution in [3.05, 3.63) is 28.5 Å². The standard InChI is InChI=1S/C11H10BrFN4O2/c1-2-18-10-15-9(14)16-11(17-10)19-6-3-4-7(12)8(13)5-6/h3-5H,2H2,1H3,(H2,14,15,16,17). The molecule has 0 bridgehead atoms. The second kappa shape index (κ2) is 5.79. The van der Waals surface area contributed by atoms with Gasteiger partial charge in [0.05, 0.1) is 11.1 Å². The molecule has 1 aromatic heterocycles. The van der Waals surface area contributed by atoms with Crippen molar-refractivity contribution in [1.29, 1.82) is 0 Å². The topological polar surface area (TPSA) is 83.2 Å². The van der Waals surface area contributed by atoms with Gasteiger partial charge in [-0.25, -0.2) is 4.39 Å². The van der Waals surface area contributed by atoms with Crippen molar-refractivity contribution in [1.82, 2.24) is 15.0 Å². The Bertz CT molecular complexity index is 597. The number of halogens is 2. The lowest BCUT2D eigenvalue weighted by atomic mass is 10.3. The Labute approximate surface area is 116 Å². The van der Waals surface area contributed by atoms with E-state index in [1.807, 2.05) is 0 Å². The molecular formula is C11H10BrFN4O2. The van der Waals surface area contributed by atoms with Crippen molar-refractivity contribution < 1.29 is 13.9 Å². The van der Waals surface area contributed by atoms with E-state index in [0.29, 0.717) is 11.1 Å². The number of hydrogen-bond acceptors (Lipinski definition) is 6. The predicted molar refractivity (Wildman–Crippen MR) is 69.6 cm³/mol. The van der Waals surface area contributed by atoms with Gasteiger partial charge in [-0.1, -0.05) is 0 Å². The molecule has 19 heavy (non-hydrogen) atoms. The van der Waals surface area contributed by atoms with Gasteiger partial charge in [-0.15, -0.1) is 4.98 Å². The first kappa shape index (κ1) is 13.5. The van der Waals surface area contributed by atoms with Crippen LogP contribution in [0.25, 0.3) is 0 Å². The van der Waals surface area contributed by atoms with Gasteiger partial charge < -0.3 is 15.2 Å². The summed E-state index contributed by atoms with van der Waals surface area (Å²) in [7, 11) is 0. The van der Waals surface area contributed by atoms with E-state index in [4.69, 9.17) is 15.2 Å². The Morgan fingerprint density at radius 1 is 1.26 bits per heavy atom. The summed E-state index contributed by atoms with van der Waals surface area (Å²) in [4.78, 5) is 11.4. The number of benzene rings is 1. The molecule has 0 fully saturated rings. The highest BCUT2D eigenvalue weighted by molar-refractivity contribution is 9.10. The van der Waals surface area contributed by atoms with Crippen LogP contribution in [-0.2, 0) is 0 Å². The minimum absolute atomic E-state index is 0.0361. The van der Waals surface area contributed by atoms with E-state index in [1.54, 1.807) is 13.0 Å². The van der Waals surface area contributed by atoms with Gasteiger partial charge in [0.15, 0.2) is 0 Å². The maximum Gasteiger partial charge on any atom is 0.330 e. The number of ether oxygens (including phenoxy) is 2. The van der Waals surface area contributed by atoms with Crippen LogP contribution in [0.15, 0.2) is 22.7 Å². The molecule has 2 N–H and O–H groups in total. The van der Waals surface area contributed by atoms with E-state index in [1.165, 1.54) is 12.1 Å². The summed E-state index contributed by atoms with van der Waals surface area (Å²) >= 11 is 3.05. The lowest BCUT2D eigenvalue weighted by molar-refractivity contribution is 0.304. The van der Waals surface area contributed by atoms with E-state index in [2.05, 4.69) is 30.9 Å². The number of anilines is 1. The van der Waals surface area contributed by atoms with Gasteiger partial charge in [0.25, 0.3) is 0 Å². The number of nitrogens with zero attached hydrogens (tertiary/aromatic N) is 3. The first-order chi connectivity index (χ1) is 9.08. The minimum atomic E-state index is -0.454. The van der Waals surface area contributed by atoms with Crippen LogP contribution in [0.1, 0.15) is 6.92 Å². The molecule has 1 aromatic carbocycles. The van der Waals surface area contributed by atoms with Gasteiger partial charge in [-0.2, -0.15) is 9.97 Å². The van der Waals surface area contributed by atoms with Crippen LogP contribution >= 0.6 is 15.9 Å². The normalized spacial score (nSPS) is 10.3. The Morgan fingerprint density at radius 2 is 2.00 bits per heavy atom. The Balaban J connectivity index is 2.24. The molecule has 100 valence electrons. The molecule has 0 spiro atoms. The molecule has 2 aromatic rings. The molecule has 0 radical (unpaired) electrons. The maximum absolute atomic E-state index is 13.3. The molecule has 0 saturated heterocycles. The largest absolute Gasteiger partial charge is 0.464 e. The molecule has 6 nitrogen and oxygen atoms in total. The van der Waals surface area contributed by atoms with Crippen molar-refractivity contribution in [2.24, 2.45) is 0 Å². The van der Waals surface area contributed by atoms with Crippen molar-refractivity contribution in [2.45, 2.75) is 6.92 Å². The van der Waals surface area contributed by atoms with Crippen LogP contribution in [0, 0.1) is 5.82 Å². The number of nitrogen functional groups attached to an aromatic ring is 1. The molecule has 0 unspecified atom stereocenters. The van der Waals surface area contributed by atoms with Gasteiger partial charge in [0.2, 0.25) is 5.95 Å². The van der Waals surface area contributed by atoms with E-state index in [0.717, 1.165) is 0 Å². The first-order valence-electron chi connectivity index (χ1n) is 5.35. The molecular weight excluding hydrogens is 319 g/mol. The highest BCUT2D eigenvalue weighted by atomic mass is 79.9. The van der Waals surface area contributed by atoms with Crippen LogP contribution in [0.2, 0.25) is 0 Å². The minimum Gasteiger partial charge on any atom is -0.464 e. The molecule has 0 aliphatic rings. The quantitative estimate of drug-likeness (QED) is 0.928. The van der Waals surface area contributed by atoms with Crippen LogP contribution in [0.4, 0.5) is 10.3 Å². The summed E-state index contributed by atoms with van der Waals surface area (Å²) in [5.41, 5.74) is 5.49. The monoisotopic (exact) mass is 328 g/mol. The van der Waals surface area contributed by atoms with Crippen molar-refractivity contribution in [3.8, 4) is 17.8 Å². The summed E-state index contributed by atoms with van der Waals surface area (Å²) in [6.07, 6.45) is 0. The zero-order chi connectivity index (χ0) is 13.8. The average Bonchev–Trinajstić information content (AvgIpc) is 2.33. The molecule has 2 rings (SSSR count). The highest BCUT2D eigenvalue weighted by Gasteiger charge is 2.09. The smallest absolute Gasteiger partial charge is 0.330 e. The van der Waals surface area contributed by atoms with Gasteiger partial charge in [-0.05, 0) is 35.0 Å². The third kappa shape index (κ3) is 3.50. The van der Waals surface area contributed by atoms with E-state index >= 15 is 0 Å². The third-order valence-electron chi connectivity index (χ3n) is 1.99. The van der Waals surface area contributed by atoms with Crippen LogP contribution < -0.4 is 15.2 Å². The number of hydrogen-bond donors (Lipinski definition) is 1. The zero-order valence-electron chi connectivity index (χ0n) is 9.93. The summed E-state index contributed by atoms with van der Waals surface area (Å²) in [6.45, 7) is 2.17. The fourth-order valence-electron chi connectivity index (χ4n) is 1.24. The molecule has 1 heterocycles. The third-order valence-corrected chi connectivity index (χ3v) is 2.63. The van der Waals surface area contributed by atoms with E-state index in [-0.39, 0.29) is 23.7 Å². The molecule has 0 saturated carbocycles. The Morgan fingerprint density at radius 3 is 2.68 bits per heavy atom. The van der Waals surface area contributed by atoms with E-state index in [9.17, 15) is 4.39 Å². The fraction of sp³-hybridized carbons (Fsp3) is 0.182. The highest BCUT2D eigenvalue weighted by Crippen LogP contribution is 2.24. The van der Waals surface area contributed by atoms with Crippen LogP contribution in [0.5, 0.6) is 17.8 Å². The molecule has 0 amide bonds. The van der Waals surface area contributed by atoms with E-state index < -0.39 is 5.82 Å². The first-order valence-corrected chi connectivity index (χ1v) is 6.15. The lowest BCUT2D eigenvalue weighted by Gasteiger charge is -2.06.